The monoisotopic (exact) mass is 793 g/mol. The summed E-state index contributed by atoms with van der Waals surface area (Å²) >= 11 is 0. The highest BCUT2D eigenvalue weighted by atomic mass is 16.3. The van der Waals surface area contributed by atoms with Gasteiger partial charge in [0.15, 0.2) is 0 Å². The summed E-state index contributed by atoms with van der Waals surface area (Å²) in [5.41, 5.74) is 14.7. The van der Waals surface area contributed by atoms with E-state index >= 15 is 0 Å². The van der Waals surface area contributed by atoms with Crippen molar-refractivity contribution in [1.29, 1.82) is 0 Å². The number of phenolic OH excluding ortho intramolecular Hbond substituents is 1. The normalized spacial score (nSPS) is 12.2. The molecule has 0 saturated carbocycles. The highest BCUT2D eigenvalue weighted by Gasteiger charge is 2.29. The Balaban J connectivity index is 1.27. The molecule has 10 rings (SSSR count). The first-order valence-corrected chi connectivity index (χ1v) is 21.0. The fourth-order valence-electron chi connectivity index (χ4n) is 8.60. The summed E-state index contributed by atoms with van der Waals surface area (Å²) in [4.78, 5) is 10.6. The first-order chi connectivity index (χ1) is 29.4. The molecular formula is C56H47N3O2. The Morgan fingerprint density at radius 3 is 1.92 bits per heavy atom. The number of phenols is 1. The number of fused-ring (bicyclic) bond motifs is 4. The summed E-state index contributed by atoms with van der Waals surface area (Å²) in [6.45, 7) is 13.1. The van der Waals surface area contributed by atoms with Crippen molar-refractivity contribution in [2.45, 2.75) is 52.4 Å². The lowest BCUT2D eigenvalue weighted by Crippen LogP contribution is -2.17. The maximum atomic E-state index is 12.4. The topological polar surface area (TPSA) is 64.1 Å². The quantitative estimate of drug-likeness (QED) is 0.182. The lowest BCUT2D eigenvalue weighted by molar-refractivity contribution is 0.446. The van der Waals surface area contributed by atoms with Crippen molar-refractivity contribution in [3.05, 3.63) is 181 Å². The first-order valence-electron chi connectivity index (χ1n) is 21.0. The molecule has 5 nitrogen and oxygen atoms in total. The zero-order valence-corrected chi connectivity index (χ0v) is 35.4. The summed E-state index contributed by atoms with van der Waals surface area (Å²) in [5.74, 6) is 0.924. The number of hydrogen-bond donors (Lipinski definition) is 1. The highest BCUT2D eigenvalue weighted by molar-refractivity contribution is 6.05. The van der Waals surface area contributed by atoms with Gasteiger partial charge in [-0.15, -0.1) is 0 Å². The van der Waals surface area contributed by atoms with Crippen LogP contribution in [-0.4, -0.2) is 19.6 Å². The minimum atomic E-state index is -0.322. The van der Waals surface area contributed by atoms with E-state index in [0.29, 0.717) is 11.4 Å². The Morgan fingerprint density at radius 1 is 0.508 bits per heavy atom. The van der Waals surface area contributed by atoms with Gasteiger partial charge in [-0.25, -0.2) is 4.98 Å². The van der Waals surface area contributed by atoms with Crippen LogP contribution in [0.5, 0.6) is 5.75 Å². The molecule has 0 aliphatic heterocycles. The minimum absolute atomic E-state index is 0.180. The van der Waals surface area contributed by atoms with E-state index in [-0.39, 0.29) is 16.6 Å². The lowest BCUT2D eigenvalue weighted by atomic mass is 9.79. The molecule has 0 amide bonds. The molecule has 10 aromatic rings. The SMILES string of the molecule is CC(C)(C)c1cc(-c2nc3c(-c4cc(-c5ccccc5)cc(-c5cc6oc7ccccc7c6cn5)c4)cccc3n2-c2ccccc2-c2ccccc2)c(O)c(C(C)(C)C)c1. The van der Waals surface area contributed by atoms with E-state index in [0.717, 1.165) is 94.4 Å². The van der Waals surface area contributed by atoms with Gasteiger partial charge in [-0.1, -0.05) is 157 Å². The van der Waals surface area contributed by atoms with Gasteiger partial charge in [-0.05, 0) is 81.1 Å². The van der Waals surface area contributed by atoms with Gasteiger partial charge in [0, 0.05) is 45.3 Å². The molecule has 298 valence electrons. The van der Waals surface area contributed by atoms with Crippen LogP contribution in [0.4, 0.5) is 0 Å². The second-order valence-corrected chi connectivity index (χ2v) is 18.1. The number of benzene rings is 7. The Kier molecular flexibility index (Phi) is 9.03. The molecule has 0 spiro atoms. The number of para-hydroxylation sites is 3. The van der Waals surface area contributed by atoms with E-state index in [4.69, 9.17) is 14.4 Å². The number of rotatable bonds is 6. The average molecular weight is 794 g/mol. The van der Waals surface area contributed by atoms with Crippen molar-refractivity contribution in [3.8, 4) is 67.5 Å². The predicted molar refractivity (Wildman–Crippen MR) is 252 cm³/mol. The van der Waals surface area contributed by atoms with E-state index in [1.54, 1.807) is 0 Å². The van der Waals surface area contributed by atoms with Crippen LogP contribution in [0.3, 0.4) is 0 Å². The second-order valence-electron chi connectivity index (χ2n) is 18.1. The average Bonchev–Trinajstić information content (AvgIpc) is 3.84. The third kappa shape index (κ3) is 6.76. The van der Waals surface area contributed by atoms with E-state index in [9.17, 15) is 5.11 Å². The number of aromatic hydroxyl groups is 1. The zero-order valence-electron chi connectivity index (χ0n) is 35.4. The fraction of sp³-hybridized carbons (Fsp3) is 0.143. The molecule has 3 heterocycles. The van der Waals surface area contributed by atoms with Crippen LogP contribution >= 0.6 is 0 Å². The Bertz CT molecular complexity index is 3270. The largest absolute Gasteiger partial charge is 0.507 e. The molecule has 7 aromatic carbocycles. The molecule has 0 fully saturated rings. The number of hydrogen-bond acceptors (Lipinski definition) is 4. The minimum Gasteiger partial charge on any atom is -0.507 e. The van der Waals surface area contributed by atoms with Crippen molar-refractivity contribution in [3.63, 3.8) is 0 Å². The predicted octanol–water partition coefficient (Wildman–Crippen LogP) is 15.0. The Hall–Kier alpha value is -7.24. The molecule has 0 radical (unpaired) electrons. The van der Waals surface area contributed by atoms with E-state index in [1.807, 2.05) is 36.5 Å². The highest BCUT2D eigenvalue weighted by Crippen LogP contribution is 2.46. The molecular weight excluding hydrogens is 747 g/mol. The number of imidazole rings is 1. The number of aromatic nitrogens is 3. The molecule has 0 aliphatic rings. The smallest absolute Gasteiger partial charge is 0.149 e. The molecule has 5 heteroatoms. The standard InChI is InChI=1S/C56H47N3O2/c1-55(2,3)40-31-44(53(60)46(32-40)56(4,5)6)54-58-52-42(24-17-26-49(52)59(54)48-25-15-13-22-41(48)36-20-11-8-12-21-36)38-28-37(35-18-9-7-10-19-35)29-39(30-38)47-33-51-45(34-57-47)43-23-14-16-27-50(43)61-51/h7-34,60H,1-6H3. The van der Waals surface area contributed by atoms with Crippen LogP contribution in [-0.2, 0) is 10.8 Å². The van der Waals surface area contributed by atoms with Crippen LogP contribution in [0, 0.1) is 0 Å². The summed E-state index contributed by atoms with van der Waals surface area (Å²) in [5, 5.41) is 14.5. The molecule has 0 bridgehead atoms. The van der Waals surface area contributed by atoms with Gasteiger partial charge < -0.3 is 9.52 Å². The molecule has 61 heavy (non-hydrogen) atoms. The van der Waals surface area contributed by atoms with Gasteiger partial charge in [-0.2, -0.15) is 0 Å². The molecule has 0 unspecified atom stereocenters. The van der Waals surface area contributed by atoms with E-state index in [1.165, 1.54) is 0 Å². The van der Waals surface area contributed by atoms with E-state index < -0.39 is 0 Å². The lowest BCUT2D eigenvalue weighted by Gasteiger charge is -2.27. The molecule has 0 saturated heterocycles. The molecule has 3 aromatic heterocycles. The van der Waals surface area contributed by atoms with Crippen molar-refractivity contribution in [2.75, 3.05) is 0 Å². The maximum absolute atomic E-state index is 12.4. The number of pyridine rings is 1. The molecule has 0 atom stereocenters. The van der Waals surface area contributed by atoms with Gasteiger partial charge in [0.2, 0.25) is 0 Å². The number of nitrogens with zero attached hydrogens (tertiary/aromatic N) is 3. The summed E-state index contributed by atoms with van der Waals surface area (Å²) in [6, 6.07) is 57.0. The summed E-state index contributed by atoms with van der Waals surface area (Å²) < 4.78 is 8.58. The molecule has 1 N–H and O–H groups in total. The van der Waals surface area contributed by atoms with Crippen LogP contribution in [0.2, 0.25) is 0 Å². The summed E-state index contributed by atoms with van der Waals surface area (Å²) in [7, 11) is 0. The van der Waals surface area contributed by atoms with Crippen LogP contribution in [0.1, 0.15) is 52.7 Å². The van der Waals surface area contributed by atoms with Crippen molar-refractivity contribution in [1.82, 2.24) is 14.5 Å². The maximum Gasteiger partial charge on any atom is 0.149 e. The third-order valence-corrected chi connectivity index (χ3v) is 11.8. The number of furan rings is 1. The summed E-state index contributed by atoms with van der Waals surface area (Å²) in [6.07, 6.45) is 1.92. The van der Waals surface area contributed by atoms with Gasteiger partial charge >= 0.3 is 0 Å². The van der Waals surface area contributed by atoms with Crippen molar-refractivity contribution in [2.24, 2.45) is 0 Å². The second kappa shape index (κ2) is 14.5. The Morgan fingerprint density at radius 2 is 1.16 bits per heavy atom. The van der Waals surface area contributed by atoms with Crippen molar-refractivity contribution >= 4 is 33.0 Å². The van der Waals surface area contributed by atoms with Crippen LogP contribution < -0.4 is 0 Å². The van der Waals surface area contributed by atoms with Gasteiger partial charge in [0.05, 0.1) is 28.0 Å². The fourth-order valence-corrected chi connectivity index (χ4v) is 8.60. The van der Waals surface area contributed by atoms with Crippen molar-refractivity contribution < 1.29 is 9.52 Å². The van der Waals surface area contributed by atoms with Gasteiger partial charge in [0.1, 0.15) is 22.7 Å². The van der Waals surface area contributed by atoms with E-state index in [2.05, 4.69) is 180 Å². The zero-order chi connectivity index (χ0) is 42.0. The Labute approximate surface area is 356 Å². The van der Waals surface area contributed by atoms with Crippen LogP contribution in [0.25, 0.3) is 94.7 Å². The molecule has 0 aliphatic carbocycles. The van der Waals surface area contributed by atoms with Gasteiger partial charge in [0.25, 0.3) is 0 Å². The first kappa shape index (κ1) is 38.0. The van der Waals surface area contributed by atoms with Gasteiger partial charge in [-0.3, -0.25) is 9.55 Å². The third-order valence-electron chi connectivity index (χ3n) is 11.8. The van der Waals surface area contributed by atoms with Crippen LogP contribution in [0.15, 0.2) is 174 Å².